The Bertz CT molecular complexity index is 778. The van der Waals surface area contributed by atoms with Crippen LogP contribution in [-0.2, 0) is 0 Å². The number of likely N-dealkylation sites (tertiary alicyclic amines) is 1. The molecule has 0 atom stereocenters. The summed E-state index contributed by atoms with van der Waals surface area (Å²) in [7, 11) is 0. The molecule has 2 aromatic rings. The van der Waals surface area contributed by atoms with Gasteiger partial charge in [-0.15, -0.1) is 10.2 Å². The Kier molecular flexibility index (Phi) is 3.77. The Morgan fingerprint density at radius 2 is 1.62 bits per heavy atom. The summed E-state index contributed by atoms with van der Waals surface area (Å²) in [5.74, 6) is 2.24. The van der Waals surface area contributed by atoms with Crippen LogP contribution in [0.25, 0.3) is 0 Å². The minimum absolute atomic E-state index is 0.0159. The van der Waals surface area contributed by atoms with Crippen molar-refractivity contribution in [3.05, 3.63) is 47.2 Å². The summed E-state index contributed by atoms with van der Waals surface area (Å²) >= 11 is 0. The van der Waals surface area contributed by atoms with Gasteiger partial charge in [0.1, 0.15) is 0 Å². The summed E-state index contributed by atoms with van der Waals surface area (Å²) in [4.78, 5) is 14.4. The van der Waals surface area contributed by atoms with Crippen LogP contribution in [0.4, 0.5) is 0 Å². The van der Waals surface area contributed by atoms with E-state index in [1.54, 1.807) is 24.3 Å². The maximum absolute atomic E-state index is 12.5. The van der Waals surface area contributed by atoms with Crippen LogP contribution in [0, 0.1) is 11.3 Å². The van der Waals surface area contributed by atoms with Gasteiger partial charge >= 0.3 is 0 Å². The summed E-state index contributed by atoms with van der Waals surface area (Å²) in [6.07, 6.45) is 3.99. The Labute approximate surface area is 140 Å². The molecule has 6 nitrogen and oxygen atoms in total. The van der Waals surface area contributed by atoms with E-state index in [9.17, 15) is 4.79 Å². The predicted octanol–water partition coefficient (Wildman–Crippen LogP) is 2.84. The van der Waals surface area contributed by atoms with E-state index in [0.29, 0.717) is 30.1 Å². The lowest BCUT2D eigenvalue weighted by molar-refractivity contribution is 0.0706. The van der Waals surface area contributed by atoms with Gasteiger partial charge in [0.25, 0.3) is 5.91 Å². The van der Waals surface area contributed by atoms with E-state index in [0.717, 1.165) is 37.5 Å². The predicted molar refractivity (Wildman–Crippen MR) is 85.3 cm³/mol. The average molecular weight is 322 g/mol. The Morgan fingerprint density at radius 3 is 2.17 bits per heavy atom. The van der Waals surface area contributed by atoms with Crippen molar-refractivity contribution in [3.8, 4) is 6.07 Å². The van der Waals surface area contributed by atoms with Crippen LogP contribution in [0.2, 0.25) is 0 Å². The molecule has 0 spiro atoms. The number of nitriles is 1. The average Bonchev–Trinajstić information content (AvgIpc) is 3.38. The third kappa shape index (κ3) is 2.90. The van der Waals surface area contributed by atoms with Crippen molar-refractivity contribution >= 4 is 5.91 Å². The second kappa shape index (κ2) is 6.08. The number of rotatable bonds is 3. The lowest BCUT2D eigenvalue weighted by Crippen LogP contribution is -2.38. The van der Waals surface area contributed by atoms with Gasteiger partial charge in [0.15, 0.2) is 0 Å². The van der Waals surface area contributed by atoms with E-state index in [4.69, 9.17) is 9.68 Å². The Balaban J connectivity index is 1.37. The number of nitrogens with zero attached hydrogens (tertiary/aromatic N) is 4. The lowest BCUT2D eigenvalue weighted by atomic mass is 9.96. The van der Waals surface area contributed by atoms with Gasteiger partial charge in [-0.2, -0.15) is 5.26 Å². The van der Waals surface area contributed by atoms with Gasteiger partial charge in [0, 0.05) is 30.5 Å². The topological polar surface area (TPSA) is 83.0 Å². The van der Waals surface area contributed by atoms with Crippen LogP contribution in [0.1, 0.15) is 65.2 Å². The first-order chi connectivity index (χ1) is 11.7. The molecule has 2 fully saturated rings. The Morgan fingerprint density at radius 1 is 1.04 bits per heavy atom. The van der Waals surface area contributed by atoms with Gasteiger partial charge in [0.05, 0.1) is 11.6 Å². The monoisotopic (exact) mass is 322 g/mol. The van der Waals surface area contributed by atoms with Crippen molar-refractivity contribution in [2.45, 2.75) is 37.5 Å². The highest BCUT2D eigenvalue weighted by Gasteiger charge is 2.32. The summed E-state index contributed by atoms with van der Waals surface area (Å²) in [5.41, 5.74) is 1.19. The third-order valence-electron chi connectivity index (χ3n) is 4.78. The van der Waals surface area contributed by atoms with Gasteiger partial charge in [0.2, 0.25) is 11.8 Å². The molecule has 1 aromatic heterocycles. The zero-order valence-corrected chi connectivity index (χ0v) is 13.3. The van der Waals surface area contributed by atoms with E-state index in [1.807, 2.05) is 4.90 Å². The van der Waals surface area contributed by atoms with Crippen molar-refractivity contribution < 1.29 is 9.21 Å². The molecule has 2 aliphatic rings. The second-order valence-corrected chi connectivity index (χ2v) is 6.51. The first-order valence-electron chi connectivity index (χ1n) is 8.37. The maximum atomic E-state index is 12.5. The molecule has 1 aliphatic heterocycles. The third-order valence-corrected chi connectivity index (χ3v) is 4.78. The van der Waals surface area contributed by atoms with Gasteiger partial charge < -0.3 is 9.32 Å². The lowest BCUT2D eigenvalue weighted by Gasteiger charge is -2.30. The highest BCUT2D eigenvalue weighted by atomic mass is 16.4. The second-order valence-electron chi connectivity index (χ2n) is 6.51. The fourth-order valence-electron chi connectivity index (χ4n) is 3.11. The van der Waals surface area contributed by atoms with E-state index < -0.39 is 0 Å². The van der Waals surface area contributed by atoms with Crippen molar-refractivity contribution in [2.75, 3.05) is 13.1 Å². The molecule has 1 amide bonds. The highest BCUT2D eigenvalue weighted by molar-refractivity contribution is 5.94. The molecule has 0 bridgehead atoms. The summed E-state index contributed by atoms with van der Waals surface area (Å²) in [6, 6.07) is 8.85. The number of carbonyl (C=O) groups excluding carboxylic acids is 1. The molecule has 1 saturated heterocycles. The fourth-order valence-corrected chi connectivity index (χ4v) is 3.11. The summed E-state index contributed by atoms with van der Waals surface area (Å²) in [6.45, 7) is 1.37. The molecular weight excluding hydrogens is 304 g/mol. The summed E-state index contributed by atoms with van der Waals surface area (Å²) in [5, 5.41) is 17.2. The van der Waals surface area contributed by atoms with Crippen molar-refractivity contribution in [2.24, 2.45) is 0 Å². The molecular formula is C18H18N4O2. The zero-order valence-electron chi connectivity index (χ0n) is 13.3. The van der Waals surface area contributed by atoms with Gasteiger partial charge in [-0.25, -0.2) is 0 Å². The van der Waals surface area contributed by atoms with Gasteiger partial charge in [-0.1, -0.05) is 0 Å². The van der Waals surface area contributed by atoms with E-state index in [1.165, 1.54) is 0 Å². The standard InChI is InChI=1S/C18H18N4O2/c19-11-12-1-3-15(4-2-12)18(23)22-9-7-14(8-10-22)17-21-20-16(24-17)13-5-6-13/h1-4,13-14H,5-10H2. The molecule has 24 heavy (non-hydrogen) atoms. The number of piperidine rings is 1. The molecule has 0 unspecified atom stereocenters. The number of carbonyl (C=O) groups is 1. The summed E-state index contributed by atoms with van der Waals surface area (Å²) < 4.78 is 5.80. The van der Waals surface area contributed by atoms with Gasteiger partial charge in [-0.05, 0) is 49.9 Å². The molecule has 1 aromatic carbocycles. The molecule has 0 radical (unpaired) electrons. The van der Waals surface area contributed by atoms with Gasteiger partial charge in [-0.3, -0.25) is 4.79 Å². The van der Waals surface area contributed by atoms with Crippen molar-refractivity contribution in [1.29, 1.82) is 5.26 Å². The molecule has 0 N–H and O–H groups in total. The van der Waals surface area contributed by atoms with E-state index in [-0.39, 0.29) is 11.8 Å². The SMILES string of the molecule is N#Cc1ccc(C(=O)N2CCC(c3nnc(C4CC4)o3)CC2)cc1. The first-order valence-corrected chi connectivity index (χ1v) is 8.37. The largest absolute Gasteiger partial charge is 0.425 e. The molecule has 2 heterocycles. The molecule has 6 heteroatoms. The van der Waals surface area contributed by atoms with Crippen molar-refractivity contribution in [1.82, 2.24) is 15.1 Å². The van der Waals surface area contributed by atoms with Crippen LogP contribution in [0.5, 0.6) is 0 Å². The van der Waals surface area contributed by atoms with E-state index >= 15 is 0 Å². The van der Waals surface area contributed by atoms with Crippen LogP contribution >= 0.6 is 0 Å². The van der Waals surface area contributed by atoms with Crippen LogP contribution < -0.4 is 0 Å². The number of hydrogen-bond acceptors (Lipinski definition) is 5. The fraction of sp³-hybridized carbons (Fsp3) is 0.444. The smallest absolute Gasteiger partial charge is 0.253 e. The van der Waals surface area contributed by atoms with Crippen molar-refractivity contribution in [3.63, 3.8) is 0 Å². The minimum atomic E-state index is 0.0159. The maximum Gasteiger partial charge on any atom is 0.253 e. The molecule has 1 saturated carbocycles. The van der Waals surface area contributed by atoms with Crippen LogP contribution in [0.3, 0.4) is 0 Å². The number of aromatic nitrogens is 2. The molecule has 4 rings (SSSR count). The quantitative estimate of drug-likeness (QED) is 0.867. The number of benzene rings is 1. The number of hydrogen-bond donors (Lipinski definition) is 0. The minimum Gasteiger partial charge on any atom is -0.425 e. The van der Waals surface area contributed by atoms with Crippen LogP contribution in [-0.4, -0.2) is 34.1 Å². The highest BCUT2D eigenvalue weighted by Crippen LogP contribution is 2.40. The first kappa shape index (κ1) is 14.9. The van der Waals surface area contributed by atoms with E-state index in [2.05, 4.69) is 16.3 Å². The molecule has 1 aliphatic carbocycles. The van der Waals surface area contributed by atoms with Crippen LogP contribution in [0.15, 0.2) is 28.7 Å². The number of amides is 1. The molecule has 122 valence electrons. The zero-order chi connectivity index (χ0) is 16.5. The Hall–Kier alpha value is -2.68. The normalized spacial score (nSPS) is 18.4.